The average Bonchev–Trinajstić information content (AvgIpc) is 2.88. The van der Waals surface area contributed by atoms with E-state index in [9.17, 15) is 9.59 Å². The highest BCUT2D eigenvalue weighted by atomic mass is 16.5. The average molecular weight is 487 g/mol. The Bertz CT molecular complexity index is 1150. The molecule has 0 atom stereocenters. The van der Waals surface area contributed by atoms with Crippen LogP contribution in [0.25, 0.3) is 0 Å². The number of benzene rings is 2. The molecule has 1 aromatic heterocycles. The van der Waals surface area contributed by atoms with E-state index in [2.05, 4.69) is 63.4 Å². The molecule has 36 heavy (non-hydrogen) atoms. The van der Waals surface area contributed by atoms with Crippen LogP contribution in [0.5, 0.6) is 0 Å². The third-order valence-electron chi connectivity index (χ3n) is 6.35. The number of hydrogen-bond acceptors (Lipinski definition) is 6. The summed E-state index contributed by atoms with van der Waals surface area (Å²) in [6.07, 6.45) is 0. The Balaban J connectivity index is 1.54. The van der Waals surface area contributed by atoms with E-state index in [1.165, 1.54) is 11.1 Å². The number of amides is 1. The summed E-state index contributed by atoms with van der Waals surface area (Å²) in [6, 6.07) is 21.0. The van der Waals surface area contributed by atoms with Gasteiger partial charge < -0.3 is 9.64 Å². The van der Waals surface area contributed by atoms with Gasteiger partial charge in [0.25, 0.3) is 5.91 Å². The lowest BCUT2D eigenvalue weighted by atomic mass is 9.96. The molecule has 1 fully saturated rings. The van der Waals surface area contributed by atoms with Crippen LogP contribution in [0.15, 0.2) is 60.7 Å². The fourth-order valence-electron chi connectivity index (χ4n) is 4.64. The van der Waals surface area contributed by atoms with E-state index in [1.54, 1.807) is 18.7 Å². The van der Waals surface area contributed by atoms with Gasteiger partial charge in [-0.15, -0.1) is 0 Å². The van der Waals surface area contributed by atoms with Crippen LogP contribution in [0.1, 0.15) is 63.4 Å². The molecular formula is C29H34N4O3. The first-order valence-corrected chi connectivity index (χ1v) is 12.5. The van der Waals surface area contributed by atoms with Gasteiger partial charge >= 0.3 is 5.97 Å². The zero-order valence-corrected chi connectivity index (χ0v) is 21.5. The molecule has 0 aliphatic carbocycles. The summed E-state index contributed by atoms with van der Waals surface area (Å²) < 4.78 is 5.44. The number of carbonyl (C=O) groups excluding carboxylic acids is 2. The highest BCUT2D eigenvalue weighted by Crippen LogP contribution is 2.29. The van der Waals surface area contributed by atoms with Crippen molar-refractivity contribution in [1.29, 1.82) is 0 Å². The molecule has 0 N–H and O–H groups in total. The van der Waals surface area contributed by atoms with Gasteiger partial charge in [0.1, 0.15) is 17.1 Å². The minimum absolute atomic E-state index is 0.106. The molecule has 0 bridgehead atoms. The maximum Gasteiger partial charge on any atom is 0.342 e. The number of nitrogens with zero attached hydrogens (tertiary/aromatic N) is 4. The number of esters is 1. The number of aryl methyl sites for hydroxylation is 2. The first kappa shape index (κ1) is 25.5. The summed E-state index contributed by atoms with van der Waals surface area (Å²) in [5.74, 6) is -0.148. The van der Waals surface area contributed by atoms with E-state index in [0.29, 0.717) is 37.7 Å². The van der Waals surface area contributed by atoms with Crippen LogP contribution >= 0.6 is 0 Å². The summed E-state index contributed by atoms with van der Waals surface area (Å²) in [4.78, 5) is 39.4. The predicted octanol–water partition coefficient (Wildman–Crippen LogP) is 4.45. The van der Waals surface area contributed by atoms with E-state index in [1.807, 2.05) is 26.0 Å². The van der Waals surface area contributed by atoms with E-state index in [4.69, 9.17) is 4.74 Å². The van der Waals surface area contributed by atoms with E-state index >= 15 is 0 Å². The molecule has 1 aliphatic rings. The monoisotopic (exact) mass is 486 g/mol. The van der Waals surface area contributed by atoms with Gasteiger partial charge in [0.05, 0.1) is 18.3 Å². The number of aromatic nitrogens is 2. The summed E-state index contributed by atoms with van der Waals surface area (Å²) in [7, 11) is 0. The molecule has 2 aromatic carbocycles. The highest BCUT2D eigenvalue weighted by Gasteiger charge is 2.32. The molecule has 0 unspecified atom stereocenters. The van der Waals surface area contributed by atoms with Crippen molar-refractivity contribution in [3.05, 3.63) is 94.6 Å². The minimum atomic E-state index is -0.545. The second kappa shape index (κ2) is 11.4. The third-order valence-corrected chi connectivity index (χ3v) is 6.35. The van der Waals surface area contributed by atoms with Crippen molar-refractivity contribution in [2.24, 2.45) is 5.92 Å². The van der Waals surface area contributed by atoms with E-state index < -0.39 is 5.97 Å². The molecule has 1 saturated heterocycles. The minimum Gasteiger partial charge on any atom is -0.462 e. The van der Waals surface area contributed by atoms with Gasteiger partial charge in [-0.2, -0.15) is 0 Å². The standard InChI is InChI=1S/C29H34N4O3/c1-20(2)19-36-29(35)25-21(3)30-22(4)31-26(25)28(34)33-17-15-32(16-18-33)27(23-11-7-5-8-12-23)24-13-9-6-10-14-24/h5-14,20,27H,15-19H2,1-4H3. The van der Waals surface area contributed by atoms with Gasteiger partial charge in [-0.3, -0.25) is 9.69 Å². The van der Waals surface area contributed by atoms with Gasteiger partial charge in [0.2, 0.25) is 0 Å². The zero-order valence-electron chi connectivity index (χ0n) is 21.5. The number of piperazine rings is 1. The van der Waals surface area contributed by atoms with Crippen LogP contribution in [0.4, 0.5) is 0 Å². The molecule has 0 radical (unpaired) electrons. The lowest BCUT2D eigenvalue weighted by molar-refractivity contribution is 0.0444. The smallest absolute Gasteiger partial charge is 0.342 e. The van der Waals surface area contributed by atoms with Crippen molar-refractivity contribution in [1.82, 2.24) is 19.8 Å². The normalized spacial score (nSPS) is 14.3. The van der Waals surface area contributed by atoms with Gasteiger partial charge in [-0.25, -0.2) is 14.8 Å². The quantitative estimate of drug-likeness (QED) is 0.459. The summed E-state index contributed by atoms with van der Waals surface area (Å²) in [5.41, 5.74) is 3.21. The summed E-state index contributed by atoms with van der Waals surface area (Å²) in [5, 5.41) is 0. The molecular weight excluding hydrogens is 452 g/mol. The van der Waals surface area contributed by atoms with Crippen molar-refractivity contribution in [3.8, 4) is 0 Å². The largest absolute Gasteiger partial charge is 0.462 e. The fraction of sp³-hybridized carbons (Fsp3) is 0.379. The van der Waals surface area contributed by atoms with Crippen LogP contribution in [0.2, 0.25) is 0 Å². The van der Waals surface area contributed by atoms with Gasteiger partial charge in [0, 0.05) is 26.2 Å². The Hall–Kier alpha value is -3.58. The molecule has 2 heterocycles. The molecule has 1 aliphatic heterocycles. The van der Waals surface area contributed by atoms with Crippen molar-refractivity contribution in [2.75, 3.05) is 32.8 Å². The Kier molecular flexibility index (Phi) is 8.10. The van der Waals surface area contributed by atoms with Crippen LogP contribution in [-0.2, 0) is 4.74 Å². The van der Waals surface area contributed by atoms with Crippen molar-refractivity contribution in [3.63, 3.8) is 0 Å². The van der Waals surface area contributed by atoms with E-state index in [0.717, 1.165) is 0 Å². The summed E-state index contributed by atoms with van der Waals surface area (Å²) >= 11 is 0. The molecule has 0 saturated carbocycles. The Morgan fingerprint density at radius 2 is 1.42 bits per heavy atom. The molecule has 7 heteroatoms. The second-order valence-electron chi connectivity index (χ2n) is 9.62. The highest BCUT2D eigenvalue weighted by molar-refractivity contribution is 6.04. The molecule has 188 valence electrons. The first-order chi connectivity index (χ1) is 17.3. The summed E-state index contributed by atoms with van der Waals surface area (Å²) in [6.45, 7) is 10.2. The number of hydrogen-bond donors (Lipinski definition) is 0. The lowest BCUT2D eigenvalue weighted by Gasteiger charge is -2.39. The van der Waals surface area contributed by atoms with Crippen LogP contribution in [0, 0.1) is 19.8 Å². The Morgan fingerprint density at radius 1 is 0.861 bits per heavy atom. The predicted molar refractivity (Wildman–Crippen MR) is 139 cm³/mol. The van der Waals surface area contributed by atoms with Crippen LogP contribution in [-0.4, -0.2) is 64.4 Å². The maximum atomic E-state index is 13.6. The van der Waals surface area contributed by atoms with Crippen molar-refractivity contribution in [2.45, 2.75) is 33.7 Å². The molecule has 0 spiro atoms. The molecule has 7 nitrogen and oxygen atoms in total. The zero-order chi connectivity index (χ0) is 25.7. The van der Waals surface area contributed by atoms with Crippen molar-refractivity contribution < 1.29 is 14.3 Å². The van der Waals surface area contributed by atoms with Gasteiger partial charge in [-0.05, 0) is 30.9 Å². The van der Waals surface area contributed by atoms with E-state index in [-0.39, 0.29) is 35.7 Å². The van der Waals surface area contributed by atoms with Crippen LogP contribution < -0.4 is 0 Å². The van der Waals surface area contributed by atoms with Crippen LogP contribution in [0.3, 0.4) is 0 Å². The Labute approximate surface area is 213 Å². The van der Waals surface area contributed by atoms with Crippen molar-refractivity contribution >= 4 is 11.9 Å². The fourth-order valence-corrected chi connectivity index (χ4v) is 4.64. The molecule has 1 amide bonds. The number of rotatable bonds is 7. The maximum absolute atomic E-state index is 13.6. The number of carbonyl (C=O) groups is 2. The number of ether oxygens (including phenoxy) is 1. The molecule has 4 rings (SSSR count). The molecule has 3 aromatic rings. The SMILES string of the molecule is Cc1nc(C)c(C(=O)OCC(C)C)c(C(=O)N2CCN(C(c3ccccc3)c3ccccc3)CC2)n1. The first-order valence-electron chi connectivity index (χ1n) is 12.5. The third kappa shape index (κ3) is 5.79. The Morgan fingerprint density at radius 3 is 1.94 bits per heavy atom. The topological polar surface area (TPSA) is 75.6 Å². The van der Waals surface area contributed by atoms with Gasteiger partial charge in [-0.1, -0.05) is 74.5 Å². The van der Waals surface area contributed by atoms with Gasteiger partial charge in [0.15, 0.2) is 0 Å². The lowest BCUT2D eigenvalue weighted by Crippen LogP contribution is -2.50. The second-order valence-corrected chi connectivity index (χ2v) is 9.62.